The minimum Gasteiger partial charge on any atom is -0.476 e. The zero-order valence-corrected chi connectivity index (χ0v) is 18.4. The predicted molar refractivity (Wildman–Crippen MR) is 113 cm³/mol. The Bertz CT molecular complexity index is 755. The number of ether oxygens (including phenoxy) is 3. The van der Waals surface area contributed by atoms with Crippen LogP contribution in [0.2, 0.25) is 0 Å². The van der Waals surface area contributed by atoms with Crippen molar-refractivity contribution in [1.29, 1.82) is 0 Å². The third-order valence-electron chi connectivity index (χ3n) is 5.97. The Morgan fingerprint density at radius 1 is 1.20 bits per heavy atom. The van der Waals surface area contributed by atoms with Gasteiger partial charge < -0.3 is 24.4 Å². The number of carbonyl (C=O) groups is 2. The summed E-state index contributed by atoms with van der Waals surface area (Å²) < 4.78 is 16.5. The highest BCUT2D eigenvalue weighted by Crippen LogP contribution is 2.34. The molecule has 2 heterocycles. The lowest BCUT2D eigenvalue weighted by molar-refractivity contribution is -0.151. The van der Waals surface area contributed by atoms with Gasteiger partial charge in [-0.2, -0.15) is 0 Å². The van der Waals surface area contributed by atoms with Crippen LogP contribution in [0.15, 0.2) is 12.1 Å². The Hall–Kier alpha value is -2.35. The van der Waals surface area contributed by atoms with E-state index in [4.69, 9.17) is 14.2 Å². The summed E-state index contributed by atoms with van der Waals surface area (Å²) in [5.74, 6) is 0.194. The van der Waals surface area contributed by atoms with Crippen molar-refractivity contribution in [3.05, 3.63) is 17.8 Å². The van der Waals surface area contributed by atoms with Gasteiger partial charge in [0.25, 0.3) is 5.91 Å². The highest BCUT2D eigenvalue weighted by molar-refractivity contribution is 5.97. The van der Waals surface area contributed by atoms with Gasteiger partial charge in [0, 0.05) is 20.2 Å². The molecule has 8 nitrogen and oxygen atoms in total. The fraction of sp³-hybridized carbons (Fsp3) is 0.682. The number of aromatic nitrogens is 1. The number of pyridine rings is 1. The molecule has 1 N–H and O–H groups in total. The molecule has 3 rings (SSSR count). The molecule has 0 unspecified atom stereocenters. The summed E-state index contributed by atoms with van der Waals surface area (Å²) in [4.78, 5) is 32.1. The summed E-state index contributed by atoms with van der Waals surface area (Å²) in [6.45, 7) is 7.87. The van der Waals surface area contributed by atoms with Crippen LogP contribution in [0.4, 0.5) is 5.69 Å². The van der Waals surface area contributed by atoms with Gasteiger partial charge in [-0.05, 0) is 50.7 Å². The molecule has 2 fully saturated rings. The molecule has 0 bridgehead atoms. The van der Waals surface area contributed by atoms with Crippen molar-refractivity contribution in [2.24, 2.45) is 5.92 Å². The molecule has 1 aromatic rings. The van der Waals surface area contributed by atoms with Gasteiger partial charge in [-0.1, -0.05) is 13.8 Å². The Labute approximate surface area is 178 Å². The maximum absolute atomic E-state index is 13.0. The molecule has 0 spiro atoms. The lowest BCUT2D eigenvalue weighted by Crippen LogP contribution is -2.54. The molecule has 1 aromatic heterocycles. The maximum Gasteiger partial charge on any atom is 0.331 e. The van der Waals surface area contributed by atoms with Gasteiger partial charge in [-0.15, -0.1) is 0 Å². The average Bonchev–Trinajstić information content (AvgIpc) is 3.55. The summed E-state index contributed by atoms with van der Waals surface area (Å²) in [7, 11) is 1.70. The van der Waals surface area contributed by atoms with Gasteiger partial charge in [0.05, 0.1) is 19.3 Å². The van der Waals surface area contributed by atoms with E-state index in [1.807, 2.05) is 19.9 Å². The summed E-state index contributed by atoms with van der Waals surface area (Å²) in [6, 6.07) is 3.54. The number of nitrogens with one attached hydrogen (secondary N) is 1. The largest absolute Gasteiger partial charge is 0.476 e. The normalized spacial score (nSPS) is 16.7. The molecule has 0 radical (unpaired) electrons. The topological polar surface area (TPSA) is 90.0 Å². The van der Waals surface area contributed by atoms with E-state index in [-0.39, 0.29) is 18.4 Å². The van der Waals surface area contributed by atoms with Crippen molar-refractivity contribution >= 4 is 17.6 Å². The number of hydrogen-bond acceptors (Lipinski definition) is 7. The van der Waals surface area contributed by atoms with Crippen LogP contribution in [0, 0.1) is 5.92 Å². The van der Waals surface area contributed by atoms with Crippen LogP contribution in [0.25, 0.3) is 0 Å². The van der Waals surface area contributed by atoms with E-state index in [1.165, 1.54) is 12.8 Å². The molecule has 2 aliphatic rings. The fourth-order valence-corrected chi connectivity index (χ4v) is 3.49. The van der Waals surface area contributed by atoms with E-state index in [1.54, 1.807) is 20.1 Å². The minimum atomic E-state index is -1.06. The van der Waals surface area contributed by atoms with Crippen molar-refractivity contribution in [3.63, 3.8) is 0 Å². The average molecular weight is 420 g/mol. The van der Waals surface area contributed by atoms with Crippen molar-refractivity contribution in [2.75, 3.05) is 38.3 Å². The molecule has 166 valence electrons. The quantitative estimate of drug-likeness (QED) is 0.551. The van der Waals surface area contributed by atoms with Crippen LogP contribution in [-0.4, -0.2) is 61.9 Å². The maximum atomic E-state index is 13.0. The third-order valence-corrected chi connectivity index (χ3v) is 5.97. The second-order valence-corrected chi connectivity index (χ2v) is 8.00. The molecule has 1 aliphatic heterocycles. The summed E-state index contributed by atoms with van der Waals surface area (Å²) in [5, 5.41) is 2.86. The van der Waals surface area contributed by atoms with Gasteiger partial charge in [0.15, 0.2) is 0 Å². The Balaban J connectivity index is 1.79. The Morgan fingerprint density at radius 2 is 1.90 bits per heavy atom. The number of hydrogen-bond donors (Lipinski definition) is 1. The van der Waals surface area contributed by atoms with E-state index >= 15 is 0 Å². The second-order valence-electron chi connectivity index (χ2n) is 8.00. The molecule has 0 atom stereocenters. The number of esters is 1. The summed E-state index contributed by atoms with van der Waals surface area (Å²) in [6.07, 6.45) is 3.40. The first-order valence-electron chi connectivity index (χ1n) is 10.9. The third kappa shape index (κ3) is 4.86. The number of carbonyl (C=O) groups excluding carboxylic acids is 2. The van der Waals surface area contributed by atoms with Crippen molar-refractivity contribution in [2.45, 2.75) is 58.1 Å². The zero-order valence-electron chi connectivity index (χ0n) is 18.4. The van der Waals surface area contributed by atoms with Crippen LogP contribution in [0.1, 0.15) is 56.9 Å². The van der Waals surface area contributed by atoms with Crippen LogP contribution < -0.4 is 15.0 Å². The monoisotopic (exact) mass is 419 g/mol. The number of rotatable bonds is 11. The molecule has 8 heteroatoms. The lowest BCUT2D eigenvalue weighted by atomic mass is 9.92. The van der Waals surface area contributed by atoms with Gasteiger partial charge in [-0.25, -0.2) is 9.78 Å². The van der Waals surface area contributed by atoms with Crippen LogP contribution in [0.5, 0.6) is 5.88 Å². The standard InChI is InChI=1S/C22H33N3O5/c1-5-22(6-2,21(27)29-7-3)24-19(26)17-10-11-18(25-12-16(13-25)28-4)20(23-17)30-14-15-8-9-15/h10-11,15-16H,5-9,12-14H2,1-4H3,(H,24,26). The first kappa shape index (κ1) is 22.3. The van der Waals surface area contributed by atoms with Gasteiger partial charge in [0.1, 0.15) is 16.9 Å². The van der Waals surface area contributed by atoms with E-state index < -0.39 is 17.4 Å². The van der Waals surface area contributed by atoms with E-state index in [0.717, 1.165) is 18.8 Å². The first-order valence-corrected chi connectivity index (χ1v) is 10.9. The van der Waals surface area contributed by atoms with E-state index in [0.29, 0.717) is 31.2 Å². The summed E-state index contributed by atoms with van der Waals surface area (Å²) >= 11 is 0. The number of anilines is 1. The zero-order chi connectivity index (χ0) is 21.7. The van der Waals surface area contributed by atoms with Crippen molar-refractivity contribution < 1.29 is 23.8 Å². The van der Waals surface area contributed by atoms with Crippen LogP contribution in [0.3, 0.4) is 0 Å². The molecule has 1 amide bonds. The number of nitrogens with zero attached hydrogens (tertiary/aromatic N) is 2. The molecule has 0 aromatic carbocycles. The fourth-order valence-electron chi connectivity index (χ4n) is 3.49. The van der Waals surface area contributed by atoms with Gasteiger partial charge in [-0.3, -0.25) is 4.79 Å². The van der Waals surface area contributed by atoms with Gasteiger partial charge >= 0.3 is 5.97 Å². The number of amides is 1. The molecular weight excluding hydrogens is 386 g/mol. The van der Waals surface area contributed by atoms with E-state index in [9.17, 15) is 9.59 Å². The number of methoxy groups -OCH3 is 1. The van der Waals surface area contributed by atoms with Crippen LogP contribution >= 0.6 is 0 Å². The smallest absolute Gasteiger partial charge is 0.331 e. The highest BCUT2D eigenvalue weighted by Gasteiger charge is 2.39. The summed E-state index contributed by atoms with van der Waals surface area (Å²) in [5.41, 5.74) is 0.0260. The van der Waals surface area contributed by atoms with Crippen molar-refractivity contribution in [1.82, 2.24) is 10.3 Å². The van der Waals surface area contributed by atoms with Crippen molar-refractivity contribution in [3.8, 4) is 5.88 Å². The van der Waals surface area contributed by atoms with Gasteiger partial charge in [0.2, 0.25) is 5.88 Å². The highest BCUT2D eigenvalue weighted by atomic mass is 16.5. The second kappa shape index (κ2) is 9.64. The molecule has 30 heavy (non-hydrogen) atoms. The lowest BCUT2D eigenvalue weighted by Gasteiger charge is -2.40. The predicted octanol–water partition coefficient (Wildman–Crippen LogP) is 2.56. The Kier molecular flexibility index (Phi) is 7.18. The Morgan fingerprint density at radius 3 is 2.47 bits per heavy atom. The molecular formula is C22H33N3O5. The molecule has 1 aliphatic carbocycles. The van der Waals surface area contributed by atoms with E-state index in [2.05, 4.69) is 15.2 Å². The molecule has 1 saturated heterocycles. The van der Waals surface area contributed by atoms with Crippen LogP contribution in [-0.2, 0) is 14.3 Å². The SMILES string of the molecule is CCOC(=O)C(CC)(CC)NC(=O)c1ccc(N2CC(OC)C2)c(OCC2CC2)n1. The minimum absolute atomic E-state index is 0.198. The molecule has 1 saturated carbocycles. The first-order chi connectivity index (χ1) is 14.5.